The summed E-state index contributed by atoms with van der Waals surface area (Å²) in [7, 11) is 0. The van der Waals surface area contributed by atoms with E-state index in [4.69, 9.17) is 0 Å². The molecule has 4 rings (SSSR count). The smallest absolute Gasteiger partial charge is 0.254 e. The van der Waals surface area contributed by atoms with E-state index in [9.17, 15) is 19.5 Å². The van der Waals surface area contributed by atoms with Gasteiger partial charge in [0.1, 0.15) is 12.1 Å². The maximum absolute atomic E-state index is 13.0. The maximum atomic E-state index is 13.0. The second-order valence-corrected chi connectivity index (χ2v) is 6.57. The summed E-state index contributed by atoms with van der Waals surface area (Å²) in [5, 5.41) is 13.6. The SMILES string of the molecule is O=C1N[C@@H](CO)C(=O)N2CCN(C(=O)c3cccc4ccccc34)C[C@H]12. The van der Waals surface area contributed by atoms with Crippen LogP contribution in [0.5, 0.6) is 0 Å². The number of hydrogen-bond acceptors (Lipinski definition) is 4. The van der Waals surface area contributed by atoms with Crippen LogP contribution in [-0.2, 0) is 9.59 Å². The number of benzene rings is 2. The molecule has 2 atom stereocenters. The number of carbonyl (C=O) groups is 3. The lowest BCUT2D eigenvalue weighted by molar-refractivity contribution is -0.153. The van der Waals surface area contributed by atoms with Crippen molar-refractivity contribution in [3.05, 3.63) is 48.0 Å². The molecule has 0 radical (unpaired) electrons. The van der Waals surface area contributed by atoms with E-state index in [0.29, 0.717) is 12.1 Å². The molecule has 2 aliphatic heterocycles. The fraction of sp³-hybridized carbons (Fsp3) is 0.316. The molecular weight excluding hydrogens is 334 g/mol. The van der Waals surface area contributed by atoms with Crippen molar-refractivity contribution in [2.24, 2.45) is 0 Å². The number of hydrogen-bond donors (Lipinski definition) is 2. The summed E-state index contributed by atoms with van der Waals surface area (Å²) in [6.07, 6.45) is 0. The van der Waals surface area contributed by atoms with Crippen molar-refractivity contribution < 1.29 is 19.5 Å². The first-order valence-corrected chi connectivity index (χ1v) is 8.59. The first-order chi connectivity index (χ1) is 12.6. The summed E-state index contributed by atoms with van der Waals surface area (Å²) < 4.78 is 0. The molecule has 26 heavy (non-hydrogen) atoms. The van der Waals surface area contributed by atoms with Gasteiger partial charge in [-0.3, -0.25) is 14.4 Å². The molecule has 7 nitrogen and oxygen atoms in total. The number of nitrogens with zero attached hydrogens (tertiary/aromatic N) is 2. The van der Waals surface area contributed by atoms with Crippen molar-refractivity contribution in [3.63, 3.8) is 0 Å². The van der Waals surface area contributed by atoms with Crippen LogP contribution in [0.1, 0.15) is 10.4 Å². The van der Waals surface area contributed by atoms with E-state index in [1.807, 2.05) is 36.4 Å². The summed E-state index contributed by atoms with van der Waals surface area (Å²) in [6, 6.07) is 11.6. The van der Waals surface area contributed by atoms with Crippen LogP contribution in [-0.4, -0.2) is 71.0 Å². The summed E-state index contributed by atoms with van der Waals surface area (Å²) in [5.41, 5.74) is 0.590. The lowest BCUT2D eigenvalue weighted by Gasteiger charge is -2.45. The van der Waals surface area contributed by atoms with E-state index < -0.39 is 18.7 Å². The second-order valence-electron chi connectivity index (χ2n) is 6.57. The van der Waals surface area contributed by atoms with Gasteiger partial charge in [0.2, 0.25) is 11.8 Å². The quantitative estimate of drug-likeness (QED) is 0.794. The molecule has 0 aliphatic carbocycles. The number of aliphatic hydroxyl groups excluding tert-OH is 1. The third-order valence-corrected chi connectivity index (χ3v) is 5.07. The second kappa shape index (κ2) is 6.42. The fourth-order valence-electron chi connectivity index (χ4n) is 3.69. The maximum Gasteiger partial charge on any atom is 0.254 e. The summed E-state index contributed by atoms with van der Waals surface area (Å²) in [5.74, 6) is -0.778. The van der Waals surface area contributed by atoms with Gasteiger partial charge in [-0.1, -0.05) is 36.4 Å². The van der Waals surface area contributed by atoms with Crippen molar-refractivity contribution in [2.45, 2.75) is 12.1 Å². The van der Waals surface area contributed by atoms with Crippen LogP contribution in [0.25, 0.3) is 10.8 Å². The molecule has 7 heteroatoms. The molecule has 2 N–H and O–H groups in total. The van der Waals surface area contributed by atoms with Gasteiger partial charge in [0.05, 0.1) is 13.2 Å². The average molecular weight is 353 g/mol. The zero-order chi connectivity index (χ0) is 18.3. The van der Waals surface area contributed by atoms with Crippen molar-refractivity contribution in [1.82, 2.24) is 15.1 Å². The van der Waals surface area contributed by atoms with Crippen molar-refractivity contribution in [3.8, 4) is 0 Å². The molecule has 0 bridgehead atoms. The Balaban J connectivity index is 1.59. The van der Waals surface area contributed by atoms with E-state index in [-0.39, 0.29) is 30.8 Å². The van der Waals surface area contributed by atoms with Crippen LogP contribution in [0.2, 0.25) is 0 Å². The van der Waals surface area contributed by atoms with E-state index in [1.165, 1.54) is 4.90 Å². The minimum absolute atomic E-state index is 0.147. The molecule has 2 heterocycles. The molecule has 2 fully saturated rings. The highest BCUT2D eigenvalue weighted by atomic mass is 16.3. The minimum atomic E-state index is -0.890. The third kappa shape index (κ3) is 2.61. The molecule has 2 saturated heterocycles. The highest BCUT2D eigenvalue weighted by Crippen LogP contribution is 2.23. The van der Waals surface area contributed by atoms with Gasteiger partial charge in [0, 0.05) is 18.7 Å². The molecule has 134 valence electrons. The van der Waals surface area contributed by atoms with Gasteiger partial charge in [-0.25, -0.2) is 0 Å². The molecule has 0 spiro atoms. The predicted molar refractivity (Wildman–Crippen MR) is 94.4 cm³/mol. The first-order valence-electron chi connectivity index (χ1n) is 8.59. The predicted octanol–water partition coefficient (Wildman–Crippen LogP) is -0.0165. The van der Waals surface area contributed by atoms with Gasteiger partial charge in [0.15, 0.2) is 0 Å². The minimum Gasteiger partial charge on any atom is -0.394 e. The Morgan fingerprint density at radius 1 is 1.12 bits per heavy atom. The van der Waals surface area contributed by atoms with Gasteiger partial charge >= 0.3 is 0 Å². The van der Waals surface area contributed by atoms with Gasteiger partial charge in [0.25, 0.3) is 5.91 Å². The van der Waals surface area contributed by atoms with Crippen LogP contribution in [0, 0.1) is 0 Å². The van der Waals surface area contributed by atoms with E-state index in [0.717, 1.165) is 10.8 Å². The number of rotatable bonds is 2. The fourth-order valence-corrected chi connectivity index (χ4v) is 3.69. The Kier molecular flexibility index (Phi) is 4.08. The van der Waals surface area contributed by atoms with Crippen LogP contribution >= 0.6 is 0 Å². The molecule has 0 saturated carbocycles. The summed E-state index contributed by atoms with van der Waals surface area (Å²) in [6.45, 7) is 0.365. The van der Waals surface area contributed by atoms with E-state index >= 15 is 0 Å². The third-order valence-electron chi connectivity index (χ3n) is 5.07. The van der Waals surface area contributed by atoms with Crippen LogP contribution in [0.3, 0.4) is 0 Å². The number of aliphatic hydroxyl groups is 1. The topological polar surface area (TPSA) is 89.9 Å². The molecule has 0 aromatic heterocycles. The standard InChI is InChI=1S/C19H19N3O4/c23-11-15-19(26)22-9-8-21(10-16(22)17(24)20-15)18(25)14-7-3-5-12-4-1-2-6-13(12)14/h1-7,15-16,23H,8-11H2,(H,20,24)/t15-,16+/m0/s1. The highest BCUT2D eigenvalue weighted by Gasteiger charge is 2.44. The monoisotopic (exact) mass is 353 g/mol. The number of carbonyl (C=O) groups excluding carboxylic acids is 3. The average Bonchev–Trinajstić information content (AvgIpc) is 2.69. The summed E-state index contributed by atoms with van der Waals surface area (Å²) >= 11 is 0. The number of piperazine rings is 2. The highest BCUT2D eigenvalue weighted by molar-refractivity contribution is 6.07. The summed E-state index contributed by atoms with van der Waals surface area (Å²) in [4.78, 5) is 40.7. The van der Waals surface area contributed by atoms with Crippen LogP contribution in [0.15, 0.2) is 42.5 Å². The van der Waals surface area contributed by atoms with E-state index in [1.54, 1.807) is 11.0 Å². The molecular formula is C19H19N3O4. The van der Waals surface area contributed by atoms with Crippen molar-refractivity contribution in [2.75, 3.05) is 26.2 Å². The van der Waals surface area contributed by atoms with E-state index in [2.05, 4.69) is 5.32 Å². The molecule has 2 aromatic rings. The lowest BCUT2D eigenvalue weighted by Crippen LogP contribution is -2.70. The van der Waals surface area contributed by atoms with Crippen LogP contribution < -0.4 is 5.32 Å². The first kappa shape index (κ1) is 16.5. The molecule has 2 aromatic carbocycles. The Morgan fingerprint density at radius 2 is 1.88 bits per heavy atom. The number of fused-ring (bicyclic) bond motifs is 2. The lowest BCUT2D eigenvalue weighted by atomic mass is 10.0. The number of nitrogens with one attached hydrogen (secondary N) is 1. The van der Waals surface area contributed by atoms with Gasteiger partial charge < -0.3 is 20.2 Å². The molecule has 2 aliphatic rings. The number of amides is 3. The van der Waals surface area contributed by atoms with Gasteiger partial charge in [-0.2, -0.15) is 0 Å². The van der Waals surface area contributed by atoms with Crippen molar-refractivity contribution >= 4 is 28.5 Å². The zero-order valence-electron chi connectivity index (χ0n) is 14.1. The molecule has 3 amide bonds. The molecule has 0 unspecified atom stereocenters. The largest absolute Gasteiger partial charge is 0.394 e. The zero-order valence-corrected chi connectivity index (χ0v) is 14.1. The Labute approximate surface area is 150 Å². The van der Waals surface area contributed by atoms with Crippen LogP contribution in [0.4, 0.5) is 0 Å². The Morgan fingerprint density at radius 3 is 2.69 bits per heavy atom. The normalized spacial score (nSPS) is 23.0. The Hall–Kier alpha value is -2.93. The Bertz CT molecular complexity index is 892. The van der Waals surface area contributed by atoms with Gasteiger partial charge in [-0.05, 0) is 16.8 Å². The van der Waals surface area contributed by atoms with Crippen molar-refractivity contribution in [1.29, 1.82) is 0 Å². The van der Waals surface area contributed by atoms with Gasteiger partial charge in [-0.15, -0.1) is 0 Å².